The predicted octanol–water partition coefficient (Wildman–Crippen LogP) is 4.38. The fourth-order valence-electron chi connectivity index (χ4n) is 1.88. The summed E-state index contributed by atoms with van der Waals surface area (Å²) in [5, 5.41) is 9.00. The molecule has 0 N–H and O–H groups in total. The molecule has 0 amide bonds. The van der Waals surface area contributed by atoms with Gasteiger partial charge in [-0.3, -0.25) is 4.18 Å². The van der Waals surface area contributed by atoms with Crippen LogP contribution in [0.15, 0.2) is 6.07 Å². The number of hydrogen-bond acceptors (Lipinski definition) is 4. The van der Waals surface area contributed by atoms with Crippen molar-refractivity contribution < 1.29 is 13.3 Å². The Bertz CT molecular complexity index is 509. The highest BCUT2D eigenvalue weighted by Gasteiger charge is 2.27. The second kappa shape index (κ2) is 6.28. The first kappa shape index (κ1) is 14.2. The molecule has 1 aliphatic heterocycles. The van der Waals surface area contributed by atoms with Gasteiger partial charge in [-0.15, -0.1) is 0 Å². The first-order valence-corrected chi connectivity index (χ1v) is 8.82. The second-order valence-electron chi connectivity index (χ2n) is 3.69. The van der Waals surface area contributed by atoms with Crippen molar-refractivity contribution in [1.29, 1.82) is 5.26 Å². The molecule has 0 saturated carbocycles. The number of benzene rings is 1. The molecule has 0 aromatic heterocycles. The van der Waals surface area contributed by atoms with Crippen LogP contribution in [0.1, 0.15) is 23.7 Å². The van der Waals surface area contributed by atoms with Gasteiger partial charge in [-0.1, -0.05) is 11.6 Å². The van der Waals surface area contributed by atoms with Crippen molar-refractivity contribution in [3.05, 3.63) is 28.0 Å². The van der Waals surface area contributed by atoms with Crippen LogP contribution in [0.2, 0.25) is 5.02 Å². The van der Waals surface area contributed by atoms with E-state index >= 15 is 0 Å². The van der Waals surface area contributed by atoms with Crippen LogP contribution in [0.3, 0.4) is 0 Å². The van der Waals surface area contributed by atoms with Gasteiger partial charge in [0.2, 0.25) is 0 Å². The van der Waals surface area contributed by atoms with E-state index in [-0.39, 0.29) is 10.6 Å². The SMILES string of the molecule is N#CC(OSI)c1c(Cl)c(F)cc2c1OCCC2. The normalized spacial score (nSPS) is 15.4. The first-order chi connectivity index (χ1) is 8.69. The zero-order valence-corrected chi connectivity index (χ0v) is 12.8. The molecule has 0 aliphatic carbocycles. The molecule has 1 heterocycles. The predicted molar refractivity (Wildman–Crippen MR) is 76.3 cm³/mol. The summed E-state index contributed by atoms with van der Waals surface area (Å²) < 4.78 is 24.5. The van der Waals surface area contributed by atoms with Gasteiger partial charge in [0.1, 0.15) is 17.6 Å². The number of nitriles is 1. The standard InChI is InChI=1S/C11H8ClFINO2S/c12-10-7(13)4-6-2-1-3-16-11(6)9(10)8(5-15)17-18-14/h4,8H,1-3H2. The second-order valence-corrected chi connectivity index (χ2v) is 5.47. The molecule has 1 aromatic carbocycles. The highest BCUT2D eigenvalue weighted by molar-refractivity contribution is 14.2. The molecule has 0 fully saturated rings. The fourth-order valence-corrected chi connectivity index (χ4v) is 2.96. The lowest BCUT2D eigenvalue weighted by atomic mass is 9.99. The van der Waals surface area contributed by atoms with Crippen LogP contribution in [0, 0.1) is 17.1 Å². The average Bonchev–Trinajstić information content (AvgIpc) is 2.38. The van der Waals surface area contributed by atoms with Crippen LogP contribution in [0.4, 0.5) is 4.39 Å². The van der Waals surface area contributed by atoms with Crippen LogP contribution in [0.25, 0.3) is 0 Å². The Hall–Kier alpha value is -0.230. The van der Waals surface area contributed by atoms with Crippen molar-refractivity contribution >= 4 is 42.0 Å². The van der Waals surface area contributed by atoms with Crippen LogP contribution >= 0.6 is 42.0 Å². The minimum atomic E-state index is -0.943. The number of hydrogen-bond donors (Lipinski definition) is 0. The molecule has 1 unspecified atom stereocenters. The molecule has 0 bridgehead atoms. The summed E-state index contributed by atoms with van der Waals surface area (Å²) in [6.07, 6.45) is 0.598. The lowest BCUT2D eigenvalue weighted by molar-refractivity contribution is 0.263. The number of fused-ring (bicyclic) bond motifs is 1. The topological polar surface area (TPSA) is 42.2 Å². The maximum atomic E-state index is 13.7. The van der Waals surface area contributed by atoms with Gasteiger partial charge >= 0.3 is 0 Å². The maximum absolute atomic E-state index is 13.7. The van der Waals surface area contributed by atoms with Crippen LogP contribution in [0.5, 0.6) is 5.75 Å². The number of rotatable bonds is 3. The minimum absolute atomic E-state index is 0.104. The first-order valence-electron chi connectivity index (χ1n) is 5.16. The van der Waals surface area contributed by atoms with Crippen LogP contribution < -0.4 is 4.74 Å². The van der Waals surface area contributed by atoms with E-state index in [9.17, 15) is 4.39 Å². The van der Waals surface area contributed by atoms with Gasteiger partial charge in [-0.2, -0.15) is 5.26 Å². The zero-order chi connectivity index (χ0) is 13.1. The van der Waals surface area contributed by atoms with Crippen molar-refractivity contribution in [2.24, 2.45) is 0 Å². The molecule has 1 aliphatic rings. The summed E-state index contributed by atoms with van der Waals surface area (Å²) in [5.74, 6) is -0.0529. The van der Waals surface area contributed by atoms with Gasteiger partial charge in [-0.25, -0.2) is 4.39 Å². The molecule has 96 valence electrons. The Morgan fingerprint density at radius 3 is 3.11 bits per heavy atom. The van der Waals surface area contributed by atoms with Gasteiger partial charge in [0.15, 0.2) is 6.10 Å². The van der Waals surface area contributed by atoms with E-state index in [1.54, 1.807) is 0 Å². The van der Waals surface area contributed by atoms with Gasteiger partial charge in [0.25, 0.3) is 0 Å². The lowest BCUT2D eigenvalue weighted by Gasteiger charge is -2.23. The Morgan fingerprint density at radius 1 is 1.67 bits per heavy atom. The van der Waals surface area contributed by atoms with Gasteiger partial charge in [0.05, 0.1) is 26.4 Å². The van der Waals surface area contributed by atoms with Crippen molar-refractivity contribution in [3.8, 4) is 11.8 Å². The Kier molecular flexibility index (Phi) is 4.95. The fraction of sp³-hybridized carbons (Fsp3) is 0.364. The van der Waals surface area contributed by atoms with E-state index in [2.05, 4.69) is 0 Å². The molecule has 0 radical (unpaired) electrons. The van der Waals surface area contributed by atoms with Crippen molar-refractivity contribution in [2.75, 3.05) is 6.61 Å². The third kappa shape index (κ3) is 2.69. The Morgan fingerprint density at radius 2 is 2.44 bits per heavy atom. The third-order valence-electron chi connectivity index (χ3n) is 2.63. The minimum Gasteiger partial charge on any atom is -0.493 e. The highest BCUT2D eigenvalue weighted by atomic mass is 127. The van der Waals surface area contributed by atoms with Crippen molar-refractivity contribution in [1.82, 2.24) is 0 Å². The van der Waals surface area contributed by atoms with E-state index in [1.807, 2.05) is 27.3 Å². The lowest BCUT2D eigenvalue weighted by Crippen LogP contribution is -2.13. The monoisotopic (exact) mass is 399 g/mol. The van der Waals surface area contributed by atoms with Gasteiger partial charge < -0.3 is 4.74 Å². The number of nitrogens with zero attached hydrogens (tertiary/aromatic N) is 1. The van der Waals surface area contributed by atoms with E-state index in [4.69, 9.17) is 25.8 Å². The van der Waals surface area contributed by atoms with Crippen molar-refractivity contribution in [3.63, 3.8) is 0 Å². The van der Waals surface area contributed by atoms with Crippen LogP contribution in [-0.4, -0.2) is 6.61 Å². The zero-order valence-electron chi connectivity index (χ0n) is 9.08. The number of halogens is 3. The molecule has 18 heavy (non-hydrogen) atoms. The molecule has 1 atom stereocenters. The third-order valence-corrected chi connectivity index (χ3v) is 3.90. The molecule has 2 rings (SSSR count). The summed E-state index contributed by atoms with van der Waals surface area (Å²) >= 11 is 7.84. The van der Waals surface area contributed by atoms with E-state index in [1.165, 1.54) is 6.07 Å². The summed E-state index contributed by atoms with van der Waals surface area (Å²) in [7, 11) is 1.01. The molecule has 3 nitrogen and oxygen atoms in total. The average molecular weight is 400 g/mol. The Balaban J connectivity index is 2.56. The largest absolute Gasteiger partial charge is 0.493 e. The quantitative estimate of drug-likeness (QED) is 0.559. The highest BCUT2D eigenvalue weighted by Crippen LogP contribution is 2.42. The number of ether oxygens (including phenoxy) is 1. The van der Waals surface area contributed by atoms with E-state index in [0.29, 0.717) is 18.8 Å². The van der Waals surface area contributed by atoms with Gasteiger partial charge in [-0.05, 0) is 24.5 Å². The Labute approximate surface area is 125 Å². The van der Waals surface area contributed by atoms with Gasteiger partial charge in [0, 0.05) is 21.2 Å². The summed E-state index contributed by atoms with van der Waals surface area (Å²) in [6.45, 7) is 0.539. The molecule has 7 heteroatoms. The molecule has 0 saturated heterocycles. The maximum Gasteiger partial charge on any atom is 0.189 e. The summed E-state index contributed by atoms with van der Waals surface area (Å²) in [5.41, 5.74) is 1.03. The van der Waals surface area contributed by atoms with E-state index in [0.717, 1.165) is 21.2 Å². The number of aryl methyl sites for hydroxylation is 1. The molecule has 1 aromatic rings. The summed E-state index contributed by atoms with van der Waals surface area (Å²) in [4.78, 5) is 0. The van der Waals surface area contributed by atoms with Crippen LogP contribution in [-0.2, 0) is 10.6 Å². The molecule has 0 spiro atoms. The smallest absolute Gasteiger partial charge is 0.189 e. The van der Waals surface area contributed by atoms with Crippen molar-refractivity contribution in [2.45, 2.75) is 18.9 Å². The molecular weight excluding hydrogens is 392 g/mol. The molecular formula is C11H8ClFINO2S. The van der Waals surface area contributed by atoms with E-state index < -0.39 is 11.9 Å². The summed E-state index contributed by atoms with van der Waals surface area (Å²) in [6, 6.07) is 3.33.